The van der Waals surface area contributed by atoms with Gasteiger partial charge in [-0.3, -0.25) is 0 Å². The summed E-state index contributed by atoms with van der Waals surface area (Å²) in [5, 5.41) is 0. The van der Waals surface area contributed by atoms with Gasteiger partial charge in [-0.05, 0) is 54.9 Å². The Morgan fingerprint density at radius 2 is 1.76 bits per heavy atom. The summed E-state index contributed by atoms with van der Waals surface area (Å²) >= 11 is 0. The number of hydrogen-bond donors (Lipinski definition) is 1. The summed E-state index contributed by atoms with van der Waals surface area (Å²) in [5.74, 6) is 0.810. The second-order valence-corrected chi connectivity index (χ2v) is 8.41. The summed E-state index contributed by atoms with van der Waals surface area (Å²) in [6, 6.07) is 3.71. The van der Waals surface area contributed by atoms with Gasteiger partial charge in [-0.25, -0.2) is 8.42 Å². The Kier molecular flexibility index (Phi) is 4.76. The van der Waals surface area contributed by atoms with Crippen LogP contribution in [0.5, 0.6) is 0 Å². The summed E-state index contributed by atoms with van der Waals surface area (Å²) in [6.45, 7) is 9.62. The molecule has 2 atom stereocenters. The molecule has 2 rings (SSSR count). The number of benzene rings is 1. The molecule has 21 heavy (non-hydrogen) atoms. The van der Waals surface area contributed by atoms with E-state index in [0.29, 0.717) is 36.4 Å². The summed E-state index contributed by atoms with van der Waals surface area (Å²) in [4.78, 5) is 0.421. The SMILES string of the molecule is Cc1cc(CN)cc(S(=O)(=O)N2CC(C)CC(C)C2)c1C. The van der Waals surface area contributed by atoms with Crippen LogP contribution in [0.15, 0.2) is 17.0 Å². The fraction of sp³-hybridized carbons (Fsp3) is 0.625. The minimum atomic E-state index is -3.44. The molecule has 118 valence electrons. The van der Waals surface area contributed by atoms with E-state index in [4.69, 9.17) is 5.73 Å². The van der Waals surface area contributed by atoms with Crippen molar-refractivity contribution in [2.45, 2.75) is 45.6 Å². The van der Waals surface area contributed by atoms with Gasteiger partial charge in [-0.1, -0.05) is 19.9 Å². The Bertz CT molecular complexity index is 615. The van der Waals surface area contributed by atoms with E-state index in [0.717, 1.165) is 23.1 Å². The molecule has 0 saturated carbocycles. The van der Waals surface area contributed by atoms with Gasteiger partial charge in [-0.15, -0.1) is 0 Å². The molecule has 1 aromatic rings. The maximum absolute atomic E-state index is 13.0. The topological polar surface area (TPSA) is 63.4 Å². The van der Waals surface area contributed by atoms with Gasteiger partial charge in [0.1, 0.15) is 0 Å². The van der Waals surface area contributed by atoms with Crippen LogP contribution in [0.4, 0.5) is 0 Å². The van der Waals surface area contributed by atoms with Gasteiger partial charge in [0.05, 0.1) is 4.90 Å². The Morgan fingerprint density at radius 1 is 1.19 bits per heavy atom. The number of rotatable bonds is 3. The second-order valence-electron chi connectivity index (χ2n) is 6.51. The Hall–Kier alpha value is -0.910. The number of hydrogen-bond acceptors (Lipinski definition) is 3. The van der Waals surface area contributed by atoms with Crippen molar-refractivity contribution in [1.82, 2.24) is 4.31 Å². The summed E-state index contributed by atoms with van der Waals surface area (Å²) in [6.07, 6.45) is 1.09. The molecule has 0 radical (unpaired) electrons. The number of nitrogens with zero attached hydrogens (tertiary/aromatic N) is 1. The van der Waals surface area contributed by atoms with Gasteiger partial charge in [0, 0.05) is 19.6 Å². The highest BCUT2D eigenvalue weighted by Gasteiger charge is 2.32. The van der Waals surface area contributed by atoms with Crippen molar-refractivity contribution in [2.24, 2.45) is 17.6 Å². The molecular formula is C16H26N2O2S. The van der Waals surface area contributed by atoms with Crippen LogP contribution < -0.4 is 5.73 Å². The first-order valence-electron chi connectivity index (χ1n) is 7.56. The molecule has 2 unspecified atom stereocenters. The highest BCUT2D eigenvalue weighted by molar-refractivity contribution is 7.89. The van der Waals surface area contributed by atoms with Crippen molar-refractivity contribution in [3.63, 3.8) is 0 Å². The first kappa shape index (κ1) is 16.5. The molecule has 0 amide bonds. The van der Waals surface area contributed by atoms with E-state index in [1.54, 1.807) is 10.4 Å². The third-order valence-corrected chi connectivity index (χ3v) is 6.33. The second kappa shape index (κ2) is 6.07. The van der Waals surface area contributed by atoms with E-state index in [2.05, 4.69) is 13.8 Å². The van der Waals surface area contributed by atoms with Crippen LogP contribution in [0.3, 0.4) is 0 Å². The average molecular weight is 310 g/mol. The molecule has 1 fully saturated rings. The monoisotopic (exact) mass is 310 g/mol. The minimum absolute atomic E-state index is 0.358. The number of piperidine rings is 1. The highest BCUT2D eigenvalue weighted by atomic mass is 32.2. The zero-order valence-electron chi connectivity index (χ0n) is 13.4. The van der Waals surface area contributed by atoms with Crippen molar-refractivity contribution in [2.75, 3.05) is 13.1 Å². The van der Waals surface area contributed by atoms with Crippen molar-refractivity contribution in [1.29, 1.82) is 0 Å². The molecule has 0 spiro atoms. The van der Waals surface area contributed by atoms with Gasteiger partial charge in [0.25, 0.3) is 0 Å². The highest BCUT2D eigenvalue weighted by Crippen LogP contribution is 2.29. The molecule has 0 aromatic heterocycles. The van der Waals surface area contributed by atoms with Crippen LogP contribution in [-0.4, -0.2) is 25.8 Å². The third kappa shape index (κ3) is 3.30. The molecule has 1 aromatic carbocycles. The molecule has 1 saturated heterocycles. The van der Waals surface area contributed by atoms with Gasteiger partial charge in [0.2, 0.25) is 10.0 Å². The smallest absolute Gasteiger partial charge is 0.243 e. The fourth-order valence-electron chi connectivity index (χ4n) is 3.23. The van der Waals surface area contributed by atoms with Crippen LogP contribution in [0.1, 0.15) is 37.0 Å². The van der Waals surface area contributed by atoms with E-state index in [1.165, 1.54) is 0 Å². The quantitative estimate of drug-likeness (QED) is 0.932. The maximum Gasteiger partial charge on any atom is 0.243 e. The number of aryl methyl sites for hydroxylation is 1. The van der Waals surface area contributed by atoms with Crippen LogP contribution in [-0.2, 0) is 16.6 Å². The summed E-state index contributed by atoms with van der Waals surface area (Å²) < 4.78 is 27.7. The maximum atomic E-state index is 13.0. The molecule has 1 heterocycles. The van der Waals surface area contributed by atoms with Crippen molar-refractivity contribution < 1.29 is 8.42 Å². The lowest BCUT2D eigenvalue weighted by Crippen LogP contribution is -2.42. The Morgan fingerprint density at radius 3 is 2.29 bits per heavy atom. The van der Waals surface area contributed by atoms with Gasteiger partial charge in [-0.2, -0.15) is 4.31 Å². The van der Waals surface area contributed by atoms with E-state index >= 15 is 0 Å². The normalized spacial score (nSPS) is 24.2. The first-order chi connectivity index (χ1) is 9.75. The van der Waals surface area contributed by atoms with E-state index in [-0.39, 0.29) is 0 Å². The molecule has 4 nitrogen and oxygen atoms in total. The Labute approximate surface area is 128 Å². The summed E-state index contributed by atoms with van der Waals surface area (Å²) in [7, 11) is -3.44. The predicted molar refractivity (Wildman–Crippen MR) is 85.5 cm³/mol. The third-order valence-electron chi connectivity index (χ3n) is 4.37. The average Bonchev–Trinajstić information content (AvgIpc) is 2.40. The zero-order valence-corrected chi connectivity index (χ0v) is 14.2. The fourth-order valence-corrected chi connectivity index (χ4v) is 5.25. The van der Waals surface area contributed by atoms with Crippen molar-refractivity contribution in [3.8, 4) is 0 Å². The van der Waals surface area contributed by atoms with E-state index in [9.17, 15) is 8.42 Å². The standard InChI is InChI=1S/C16H26N2O2S/c1-11-5-12(2)10-18(9-11)21(19,20)16-7-15(8-17)6-13(3)14(16)4/h6-7,11-12H,5,8-10,17H2,1-4H3. The van der Waals surface area contributed by atoms with Gasteiger partial charge in [0.15, 0.2) is 0 Å². The lowest BCUT2D eigenvalue weighted by atomic mass is 9.94. The molecule has 5 heteroatoms. The minimum Gasteiger partial charge on any atom is -0.326 e. The molecule has 1 aliphatic heterocycles. The molecular weight excluding hydrogens is 284 g/mol. The van der Waals surface area contributed by atoms with Gasteiger partial charge >= 0.3 is 0 Å². The van der Waals surface area contributed by atoms with E-state index < -0.39 is 10.0 Å². The number of nitrogens with two attached hydrogens (primary N) is 1. The van der Waals surface area contributed by atoms with Crippen molar-refractivity contribution >= 4 is 10.0 Å². The summed E-state index contributed by atoms with van der Waals surface area (Å²) in [5.41, 5.74) is 8.38. The number of sulfonamides is 1. The largest absolute Gasteiger partial charge is 0.326 e. The molecule has 1 aliphatic rings. The van der Waals surface area contributed by atoms with Crippen LogP contribution in [0.2, 0.25) is 0 Å². The molecule has 2 N–H and O–H groups in total. The van der Waals surface area contributed by atoms with Crippen molar-refractivity contribution in [3.05, 3.63) is 28.8 Å². The van der Waals surface area contributed by atoms with Gasteiger partial charge < -0.3 is 5.73 Å². The lowest BCUT2D eigenvalue weighted by Gasteiger charge is -2.34. The van der Waals surface area contributed by atoms with E-state index in [1.807, 2.05) is 19.9 Å². The van der Waals surface area contributed by atoms with Crippen LogP contribution in [0.25, 0.3) is 0 Å². The Balaban J connectivity index is 2.46. The lowest BCUT2D eigenvalue weighted by molar-refractivity contribution is 0.222. The molecule has 0 bridgehead atoms. The first-order valence-corrected chi connectivity index (χ1v) is 9.00. The van der Waals surface area contributed by atoms with Crippen LogP contribution in [0, 0.1) is 25.7 Å². The predicted octanol–water partition coefficient (Wildman–Crippen LogP) is 2.43. The molecule has 0 aliphatic carbocycles. The zero-order chi connectivity index (χ0) is 15.8. The van der Waals surface area contributed by atoms with Crippen LogP contribution >= 0.6 is 0 Å².